The van der Waals surface area contributed by atoms with Crippen molar-refractivity contribution in [2.45, 2.75) is 43.6 Å². The lowest BCUT2D eigenvalue weighted by Gasteiger charge is -2.42. The topological polar surface area (TPSA) is 53.0 Å². The van der Waals surface area contributed by atoms with Gasteiger partial charge in [0.1, 0.15) is 11.5 Å². The largest absolute Gasteiger partial charge is 0.457 e. The van der Waals surface area contributed by atoms with Crippen molar-refractivity contribution in [3.05, 3.63) is 60.2 Å². The average Bonchev–Trinajstić information content (AvgIpc) is 2.77. The zero-order chi connectivity index (χ0) is 21.0. The van der Waals surface area contributed by atoms with Gasteiger partial charge < -0.3 is 19.6 Å². The third-order valence-corrected chi connectivity index (χ3v) is 6.51. The molecule has 2 aliphatic rings. The van der Waals surface area contributed by atoms with E-state index in [1.54, 1.807) is 0 Å². The number of ether oxygens (including phenoxy) is 1. The van der Waals surface area contributed by atoms with Crippen molar-refractivity contribution in [2.24, 2.45) is 0 Å². The molecular formula is C25H32N2O3. The van der Waals surface area contributed by atoms with Gasteiger partial charge in [-0.1, -0.05) is 49.6 Å². The summed E-state index contributed by atoms with van der Waals surface area (Å²) >= 11 is 0. The molecule has 30 heavy (non-hydrogen) atoms. The van der Waals surface area contributed by atoms with E-state index in [0.29, 0.717) is 12.8 Å². The number of para-hydroxylation sites is 1. The molecule has 1 N–H and O–H groups in total. The highest BCUT2D eigenvalue weighted by Crippen LogP contribution is 2.41. The molecule has 1 heterocycles. The summed E-state index contributed by atoms with van der Waals surface area (Å²) in [5, 5.41) is 11.6. The van der Waals surface area contributed by atoms with Crippen LogP contribution in [0.2, 0.25) is 0 Å². The predicted molar refractivity (Wildman–Crippen MR) is 118 cm³/mol. The summed E-state index contributed by atoms with van der Waals surface area (Å²) in [4.78, 5) is 17.8. The number of likely N-dealkylation sites (N-methyl/N-ethyl adjacent to an activating group) is 1. The highest BCUT2D eigenvalue weighted by molar-refractivity contribution is 5.85. The van der Waals surface area contributed by atoms with Gasteiger partial charge in [-0.05, 0) is 49.7 Å². The second-order valence-corrected chi connectivity index (χ2v) is 8.71. The lowest BCUT2D eigenvalue weighted by Crippen LogP contribution is -2.53. The lowest BCUT2D eigenvalue weighted by atomic mass is 9.72. The van der Waals surface area contributed by atoms with Crippen LogP contribution < -0.4 is 4.74 Å². The molecule has 0 radical (unpaired) electrons. The fraction of sp³-hybridized carbons (Fsp3) is 0.480. The number of aliphatic hydroxyl groups is 1. The molecule has 2 fully saturated rings. The zero-order valence-corrected chi connectivity index (χ0v) is 17.8. The van der Waals surface area contributed by atoms with Gasteiger partial charge >= 0.3 is 0 Å². The van der Waals surface area contributed by atoms with Gasteiger partial charge in [-0.2, -0.15) is 0 Å². The average molecular weight is 409 g/mol. The van der Waals surface area contributed by atoms with E-state index in [9.17, 15) is 9.90 Å². The van der Waals surface area contributed by atoms with Gasteiger partial charge in [-0.3, -0.25) is 4.79 Å². The number of hydrogen-bond acceptors (Lipinski definition) is 4. The Balaban J connectivity index is 1.58. The molecule has 1 unspecified atom stereocenters. The molecule has 5 nitrogen and oxygen atoms in total. The molecule has 5 heteroatoms. The van der Waals surface area contributed by atoms with Crippen LogP contribution in [0.25, 0.3) is 0 Å². The Morgan fingerprint density at radius 3 is 2.13 bits per heavy atom. The van der Waals surface area contributed by atoms with Crippen LogP contribution in [0.4, 0.5) is 0 Å². The first-order valence-corrected chi connectivity index (χ1v) is 11.1. The summed E-state index contributed by atoms with van der Waals surface area (Å²) in [6, 6.07) is 17.4. The number of carbonyl (C=O) groups excluding carboxylic acids is 1. The summed E-state index contributed by atoms with van der Waals surface area (Å²) < 4.78 is 5.91. The van der Waals surface area contributed by atoms with E-state index in [2.05, 4.69) is 11.9 Å². The molecule has 1 aliphatic heterocycles. The molecule has 0 aromatic heterocycles. The third-order valence-electron chi connectivity index (χ3n) is 6.51. The van der Waals surface area contributed by atoms with E-state index in [1.165, 1.54) is 0 Å². The Hall–Kier alpha value is -2.37. The minimum atomic E-state index is -0.972. The monoisotopic (exact) mass is 408 g/mol. The summed E-state index contributed by atoms with van der Waals surface area (Å²) in [6.45, 7) is 3.19. The number of amides is 1. The van der Waals surface area contributed by atoms with Gasteiger partial charge in [0.05, 0.1) is 11.5 Å². The maximum Gasteiger partial charge on any atom is 0.233 e. The molecule has 1 saturated heterocycles. The molecule has 2 aromatic carbocycles. The molecule has 1 amide bonds. The van der Waals surface area contributed by atoms with E-state index >= 15 is 0 Å². The number of benzene rings is 2. The van der Waals surface area contributed by atoms with Crippen LogP contribution in [0.5, 0.6) is 11.5 Å². The zero-order valence-electron chi connectivity index (χ0n) is 17.8. The van der Waals surface area contributed by atoms with Crippen LogP contribution in [0.3, 0.4) is 0 Å². The highest BCUT2D eigenvalue weighted by atomic mass is 16.5. The molecule has 2 aromatic rings. The Morgan fingerprint density at radius 2 is 1.50 bits per heavy atom. The minimum Gasteiger partial charge on any atom is -0.457 e. The predicted octanol–water partition coefficient (Wildman–Crippen LogP) is 4.03. The molecule has 1 saturated carbocycles. The fourth-order valence-corrected chi connectivity index (χ4v) is 4.70. The number of piperazine rings is 1. The molecule has 0 bridgehead atoms. The van der Waals surface area contributed by atoms with Gasteiger partial charge in [0.25, 0.3) is 0 Å². The third kappa shape index (κ3) is 4.68. The number of carbonyl (C=O) groups is 1. The smallest absolute Gasteiger partial charge is 0.233 e. The normalized spacial score (nSPS) is 20.5. The Kier molecular flexibility index (Phi) is 6.40. The van der Waals surface area contributed by atoms with E-state index in [0.717, 1.165) is 62.5 Å². The molecule has 1 aliphatic carbocycles. The Labute approximate surface area is 179 Å². The Morgan fingerprint density at radius 1 is 0.900 bits per heavy atom. The first kappa shape index (κ1) is 20.9. The van der Waals surface area contributed by atoms with Crippen molar-refractivity contribution in [1.29, 1.82) is 0 Å². The SMILES string of the molecule is CN1CCN(C(=O)C(c2ccc(Oc3ccccc3)cc2)C2(O)CCCCC2)CC1. The first-order chi connectivity index (χ1) is 14.5. The van der Waals surface area contributed by atoms with Crippen LogP contribution in [-0.4, -0.2) is 59.6 Å². The van der Waals surface area contributed by atoms with Crippen molar-refractivity contribution in [2.75, 3.05) is 33.2 Å². The van der Waals surface area contributed by atoms with Crippen LogP contribution in [0, 0.1) is 0 Å². The number of nitrogens with zero attached hydrogens (tertiary/aromatic N) is 2. The van der Waals surface area contributed by atoms with Gasteiger partial charge in [-0.15, -0.1) is 0 Å². The Bertz CT molecular complexity index is 823. The van der Waals surface area contributed by atoms with Crippen LogP contribution >= 0.6 is 0 Å². The van der Waals surface area contributed by atoms with Gasteiger partial charge in [0, 0.05) is 26.2 Å². The standard InChI is InChI=1S/C25H32N2O3/c1-26-16-18-27(19-17-26)24(28)23(25(29)14-6-3-7-15-25)20-10-12-22(13-11-20)30-21-8-4-2-5-9-21/h2,4-5,8-13,23,29H,3,6-7,14-19H2,1H3. The second kappa shape index (κ2) is 9.19. The van der Waals surface area contributed by atoms with Crippen molar-refractivity contribution >= 4 is 5.91 Å². The molecule has 4 rings (SSSR count). The van der Waals surface area contributed by atoms with Crippen molar-refractivity contribution in [1.82, 2.24) is 9.80 Å². The quantitative estimate of drug-likeness (QED) is 0.812. The molecule has 160 valence electrons. The van der Waals surface area contributed by atoms with Crippen molar-refractivity contribution in [3.63, 3.8) is 0 Å². The van der Waals surface area contributed by atoms with E-state index in [-0.39, 0.29) is 5.91 Å². The van der Waals surface area contributed by atoms with E-state index in [1.807, 2.05) is 59.5 Å². The summed E-state index contributed by atoms with van der Waals surface area (Å²) in [5.74, 6) is 1.05. The maximum atomic E-state index is 13.6. The highest BCUT2D eigenvalue weighted by Gasteiger charge is 2.44. The van der Waals surface area contributed by atoms with Crippen molar-refractivity contribution < 1.29 is 14.6 Å². The summed E-state index contributed by atoms with van der Waals surface area (Å²) in [5.41, 5.74) is -0.0933. The summed E-state index contributed by atoms with van der Waals surface area (Å²) in [7, 11) is 2.08. The van der Waals surface area contributed by atoms with Gasteiger partial charge in [0.2, 0.25) is 5.91 Å². The fourth-order valence-electron chi connectivity index (χ4n) is 4.70. The van der Waals surface area contributed by atoms with E-state index in [4.69, 9.17) is 4.74 Å². The number of rotatable bonds is 5. The number of hydrogen-bond donors (Lipinski definition) is 1. The van der Waals surface area contributed by atoms with Gasteiger partial charge in [0.15, 0.2) is 0 Å². The maximum absolute atomic E-state index is 13.6. The van der Waals surface area contributed by atoms with Crippen LogP contribution in [0.1, 0.15) is 43.6 Å². The second-order valence-electron chi connectivity index (χ2n) is 8.71. The minimum absolute atomic E-state index is 0.0595. The molecule has 0 spiro atoms. The van der Waals surface area contributed by atoms with Crippen molar-refractivity contribution in [3.8, 4) is 11.5 Å². The first-order valence-electron chi connectivity index (χ1n) is 11.1. The van der Waals surface area contributed by atoms with Gasteiger partial charge in [-0.25, -0.2) is 0 Å². The lowest BCUT2D eigenvalue weighted by molar-refractivity contribution is -0.143. The van der Waals surface area contributed by atoms with E-state index < -0.39 is 11.5 Å². The summed E-state index contributed by atoms with van der Waals surface area (Å²) in [6.07, 6.45) is 4.43. The van der Waals surface area contributed by atoms with Crippen LogP contribution in [-0.2, 0) is 4.79 Å². The molecular weight excluding hydrogens is 376 g/mol. The molecule has 1 atom stereocenters. The van der Waals surface area contributed by atoms with Crippen LogP contribution in [0.15, 0.2) is 54.6 Å².